The third-order valence-electron chi connectivity index (χ3n) is 4.27. The highest BCUT2D eigenvalue weighted by Crippen LogP contribution is 2.13. The van der Waals surface area contributed by atoms with Crippen molar-refractivity contribution in [3.63, 3.8) is 0 Å². The summed E-state index contributed by atoms with van der Waals surface area (Å²) in [6, 6.07) is 11.6. The van der Waals surface area contributed by atoms with Crippen LogP contribution in [0.1, 0.15) is 11.1 Å². The molecule has 2 amide bonds. The van der Waals surface area contributed by atoms with E-state index in [0.717, 1.165) is 0 Å². The van der Waals surface area contributed by atoms with Gasteiger partial charge in [0.15, 0.2) is 0 Å². The number of carbonyl (C=O) groups excluding carboxylic acids is 2. The molecule has 2 aromatic carbocycles. The molecular weight excluding hydrogens is 406 g/mol. The van der Waals surface area contributed by atoms with Crippen molar-refractivity contribution in [3.05, 3.63) is 79.9 Å². The second-order valence-corrected chi connectivity index (χ2v) is 6.65. The Balaban J connectivity index is 1.53. The monoisotopic (exact) mass is 429 g/mol. The van der Waals surface area contributed by atoms with Crippen LogP contribution in [0.4, 0.5) is 11.4 Å². The molecule has 0 spiro atoms. The Labute approximate surface area is 178 Å². The molecule has 11 nitrogen and oxygen atoms in total. The number of carbonyl (C=O) groups is 2. The van der Waals surface area contributed by atoms with Crippen LogP contribution < -0.4 is 16.0 Å². The number of nitrogens with zero attached hydrogens (tertiary/aromatic N) is 2. The van der Waals surface area contributed by atoms with E-state index >= 15 is 0 Å². The number of hydrogen-bond donors (Lipinski definition) is 3. The first-order chi connectivity index (χ1) is 14.8. The van der Waals surface area contributed by atoms with Crippen LogP contribution in [-0.4, -0.2) is 47.8 Å². The van der Waals surface area contributed by atoms with Crippen LogP contribution in [-0.2, 0) is 22.4 Å². The predicted octanol–water partition coefficient (Wildman–Crippen LogP) is 1.11. The van der Waals surface area contributed by atoms with Crippen molar-refractivity contribution in [1.82, 2.24) is 16.0 Å². The van der Waals surface area contributed by atoms with Crippen molar-refractivity contribution < 1.29 is 19.4 Å². The maximum absolute atomic E-state index is 11.9. The van der Waals surface area contributed by atoms with Gasteiger partial charge in [0.1, 0.15) is 0 Å². The van der Waals surface area contributed by atoms with E-state index in [-0.39, 0.29) is 36.0 Å². The number of hydrogen-bond acceptors (Lipinski definition) is 7. The fraction of sp³-hybridized carbons (Fsp3) is 0.300. The van der Waals surface area contributed by atoms with Crippen LogP contribution in [0, 0.1) is 20.2 Å². The smallest absolute Gasteiger partial charge is 0.269 e. The zero-order valence-corrected chi connectivity index (χ0v) is 16.7. The molecule has 0 atom stereocenters. The standard InChI is InChI=1S/C20H23N5O6/c26-19(13-15-1-5-17(6-2-15)24(28)29)22-11-9-21-10-12-23-20(27)14-16-3-7-18(8-4-16)25(30)31/h1-8,21H,9-14H2,(H,22,26)(H,23,27). The molecule has 0 aliphatic rings. The van der Waals surface area contributed by atoms with Gasteiger partial charge in [0, 0.05) is 50.4 Å². The number of benzene rings is 2. The van der Waals surface area contributed by atoms with Crippen molar-refractivity contribution in [3.8, 4) is 0 Å². The Kier molecular flexibility index (Phi) is 9.05. The number of rotatable bonds is 12. The van der Waals surface area contributed by atoms with E-state index in [1.807, 2.05) is 0 Å². The van der Waals surface area contributed by atoms with Crippen LogP contribution in [0.15, 0.2) is 48.5 Å². The molecule has 0 heterocycles. The molecule has 11 heteroatoms. The summed E-state index contributed by atoms with van der Waals surface area (Å²) in [4.78, 5) is 44.0. The predicted molar refractivity (Wildman–Crippen MR) is 112 cm³/mol. The molecule has 31 heavy (non-hydrogen) atoms. The molecule has 0 bridgehead atoms. The third kappa shape index (κ3) is 8.58. The van der Waals surface area contributed by atoms with Crippen LogP contribution in [0.25, 0.3) is 0 Å². The lowest BCUT2D eigenvalue weighted by Crippen LogP contribution is -2.37. The molecule has 2 rings (SSSR count). The van der Waals surface area contributed by atoms with Gasteiger partial charge in [-0.3, -0.25) is 29.8 Å². The lowest BCUT2D eigenvalue weighted by molar-refractivity contribution is -0.385. The molecular formula is C20H23N5O6. The first-order valence-corrected chi connectivity index (χ1v) is 9.56. The molecule has 0 unspecified atom stereocenters. The number of nitro groups is 2. The SMILES string of the molecule is O=C(Cc1ccc([N+](=O)[O-])cc1)NCCNCCNC(=O)Cc1ccc([N+](=O)[O-])cc1. The van der Waals surface area contributed by atoms with Crippen molar-refractivity contribution in [2.75, 3.05) is 26.2 Å². The average molecular weight is 429 g/mol. The topological polar surface area (TPSA) is 157 Å². The van der Waals surface area contributed by atoms with E-state index in [9.17, 15) is 29.8 Å². The molecule has 0 radical (unpaired) electrons. The highest BCUT2D eigenvalue weighted by Gasteiger charge is 2.08. The second-order valence-electron chi connectivity index (χ2n) is 6.65. The van der Waals surface area contributed by atoms with E-state index in [4.69, 9.17) is 0 Å². The van der Waals surface area contributed by atoms with Crippen LogP contribution >= 0.6 is 0 Å². The van der Waals surface area contributed by atoms with E-state index in [2.05, 4.69) is 16.0 Å². The van der Waals surface area contributed by atoms with Gasteiger partial charge >= 0.3 is 0 Å². The summed E-state index contributed by atoms with van der Waals surface area (Å²) in [5.41, 5.74) is 1.33. The number of non-ortho nitro benzene ring substituents is 2. The number of amides is 2. The maximum Gasteiger partial charge on any atom is 0.269 e. The summed E-state index contributed by atoms with van der Waals surface area (Å²) in [5, 5.41) is 29.8. The molecule has 0 fully saturated rings. The van der Waals surface area contributed by atoms with E-state index in [1.165, 1.54) is 24.3 Å². The molecule has 0 aliphatic heterocycles. The van der Waals surface area contributed by atoms with Gasteiger partial charge in [0.25, 0.3) is 11.4 Å². The molecule has 0 saturated heterocycles. The quantitative estimate of drug-likeness (QED) is 0.259. The zero-order valence-electron chi connectivity index (χ0n) is 16.7. The van der Waals surface area contributed by atoms with Gasteiger partial charge in [-0.1, -0.05) is 24.3 Å². The maximum atomic E-state index is 11.9. The van der Waals surface area contributed by atoms with Crippen molar-refractivity contribution >= 4 is 23.2 Å². The first kappa shape index (κ1) is 23.4. The molecule has 3 N–H and O–H groups in total. The Bertz CT molecular complexity index is 839. The van der Waals surface area contributed by atoms with Crippen LogP contribution in [0.3, 0.4) is 0 Å². The van der Waals surface area contributed by atoms with Crippen molar-refractivity contribution in [2.24, 2.45) is 0 Å². The van der Waals surface area contributed by atoms with Gasteiger partial charge in [-0.15, -0.1) is 0 Å². The minimum Gasteiger partial charge on any atom is -0.355 e. The van der Waals surface area contributed by atoms with E-state index < -0.39 is 9.85 Å². The molecule has 0 aromatic heterocycles. The highest BCUT2D eigenvalue weighted by molar-refractivity contribution is 5.79. The van der Waals surface area contributed by atoms with Gasteiger partial charge in [-0.05, 0) is 11.1 Å². The van der Waals surface area contributed by atoms with Crippen LogP contribution in [0.5, 0.6) is 0 Å². The van der Waals surface area contributed by atoms with Gasteiger partial charge < -0.3 is 16.0 Å². The Morgan fingerprint density at radius 2 is 1.00 bits per heavy atom. The van der Waals surface area contributed by atoms with E-state index in [0.29, 0.717) is 37.3 Å². The summed E-state index contributed by atoms with van der Waals surface area (Å²) in [6.07, 6.45) is 0.271. The highest BCUT2D eigenvalue weighted by atomic mass is 16.6. The van der Waals surface area contributed by atoms with Crippen molar-refractivity contribution in [2.45, 2.75) is 12.8 Å². The fourth-order valence-electron chi connectivity index (χ4n) is 2.67. The third-order valence-corrected chi connectivity index (χ3v) is 4.27. The number of nitrogens with one attached hydrogen (secondary N) is 3. The van der Waals surface area contributed by atoms with E-state index in [1.54, 1.807) is 24.3 Å². The largest absolute Gasteiger partial charge is 0.355 e. The second kappa shape index (κ2) is 12.0. The summed E-state index contributed by atoms with van der Waals surface area (Å²) >= 11 is 0. The van der Waals surface area contributed by atoms with Gasteiger partial charge in [0.05, 0.1) is 22.7 Å². The molecule has 0 aliphatic carbocycles. The zero-order chi connectivity index (χ0) is 22.6. The Hall–Kier alpha value is -3.86. The summed E-state index contributed by atoms with van der Waals surface area (Å²) < 4.78 is 0. The lowest BCUT2D eigenvalue weighted by atomic mass is 10.1. The minimum atomic E-state index is -0.492. The average Bonchev–Trinajstić information content (AvgIpc) is 2.73. The molecule has 164 valence electrons. The van der Waals surface area contributed by atoms with Gasteiger partial charge in [-0.2, -0.15) is 0 Å². The van der Waals surface area contributed by atoms with Crippen LogP contribution in [0.2, 0.25) is 0 Å². The molecule has 2 aromatic rings. The van der Waals surface area contributed by atoms with Gasteiger partial charge in [0.2, 0.25) is 11.8 Å². The normalized spacial score (nSPS) is 10.3. The Morgan fingerprint density at radius 3 is 1.32 bits per heavy atom. The summed E-state index contributed by atoms with van der Waals surface area (Å²) in [5.74, 6) is -0.376. The Morgan fingerprint density at radius 1 is 0.645 bits per heavy atom. The minimum absolute atomic E-state index is 0.0202. The fourth-order valence-corrected chi connectivity index (χ4v) is 2.67. The van der Waals surface area contributed by atoms with Gasteiger partial charge in [-0.25, -0.2) is 0 Å². The molecule has 0 saturated carbocycles. The number of nitro benzene ring substituents is 2. The van der Waals surface area contributed by atoms with Crippen molar-refractivity contribution in [1.29, 1.82) is 0 Å². The summed E-state index contributed by atoms with van der Waals surface area (Å²) in [7, 11) is 0. The summed E-state index contributed by atoms with van der Waals surface area (Å²) in [6.45, 7) is 1.85. The lowest BCUT2D eigenvalue weighted by Gasteiger charge is -2.08. The first-order valence-electron chi connectivity index (χ1n) is 9.56.